The standard InChI is InChI=1S/C12H17F3N2O3/c13-12(14,15)8-1-5-17(6-2-8)10(20)16-7-11(3-4-11)9(18)19/h8H,1-7H2,(H,16,20)(H,18,19). The number of carboxylic acid groups (broad SMARTS) is 1. The lowest BCUT2D eigenvalue weighted by Gasteiger charge is -2.33. The van der Waals surface area contributed by atoms with E-state index in [1.165, 1.54) is 4.90 Å². The van der Waals surface area contributed by atoms with Crippen LogP contribution in [0.2, 0.25) is 0 Å². The molecule has 2 aliphatic rings. The number of nitrogens with zero attached hydrogens (tertiary/aromatic N) is 1. The molecular weight excluding hydrogens is 277 g/mol. The molecule has 1 heterocycles. The van der Waals surface area contributed by atoms with E-state index in [-0.39, 0.29) is 32.5 Å². The Morgan fingerprint density at radius 1 is 1.25 bits per heavy atom. The zero-order chi connectivity index (χ0) is 15.0. The van der Waals surface area contributed by atoms with E-state index in [4.69, 9.17) is 5.11 Å². The van der Waals surface area contributed by atoms with E-state index in [9.17, 15) is 22.8 Å². The summed E-state index contributed by atoms with van der Waals surface area (Å²) in [4.78, 5) is 24.0. The van der Waals surface area contributed by atoms with E-state index in [0.29, 0.717) is 12.8 Å². The maximum atomic E-state index is 12.5. The molecule has 114 valence electrons. The molecule has 0 unspecified atom stereocenters. The molecule has 0 spiro atoms. The van der Waals surface area contributed by atoms with Gasteiger partial charge in [0, 0.05) is 19.6 Å². The van der Waals surface area contributed by atoms with Gasteiger partial charge in [-0.3, -0.25) is 4.79 Å². The highest BCUT2D eigenvalue weighted by Crippen LogP contribution is 2.45. The second-order valence-electron chi connectivity index (χ2n) is 5.55. The van der Waals surface area contributed by atoms with Gasteiger partial charge in [0.25, 0.3) is 0 Å². The number of hydrogen-bond donors (Lipinski definition) is 2. The van der Waals surface area contributed by atoms with Crippen molar-refractivity contribution in [2.24, 2.45) is 11.3 Å². The van der Waals surface area contributed by atoms with Crippen molar-refractivity contribution in [2.45, 2.75) is 31.9 Å². The zero-order valence-electron chi connectivity index (χ0n) is 10.9. The molecule has 0 aromatic heterocycles. The topological polar surface area (TPSA) is 69.6 Å². The van der Waals surface area contributed by atoms with Crippen LogP contribution in [0.3, 0.4) is 0 Å². The Kier molecular flexibility index (Phi) is 3.84. The highest BCUT2D eigenvalue weighted by molar-refractivity contribution is 5.80. The number of aliphatic carboxylic acids is 1. The van der Waals surface area contributed by atoms with Crippen LogP contribution >= 0.6 is 0 Å². The van der Waals surface area contributed by atoms with Gasteiger partial charge in [0.05, 0.1) is 11.3 Å². The minimum Gasteiger partial charge on any atom is -0.481 e. The van der Waals surface area contributed by atoms with Crippen LogP contribution in [-0.4, -0.2) is 47.8 Å². The number of carboxylic acids is 1. The van der Waals surface area contributed by atoms with Crippen LogP contribution in [0.1, 0.15) is 25.7 Å². The highest BCUT2D eigenvalue weighted by Gasteiger charge is 2.50. The van der Waals surface area contributed by atoms with Crippen molar-refractivity contribution in [1.82, 2.24) is 10.2 Å². The van der Waals surface area contributed by atoms with Crippen LogP contribution in [0.4, 0.5) is 18.0 Å². The SMILES string of the molecule is O=C(NCC1(C(=O)O)CC1)N1CCC(C(F)(F)F)CC1. The van der Waals surface area contributed by atoms with E-state index in [1.54, 1.807) is 0 Å². The molecule has 5 nitrogen and oxygen atoms in total. The summed E-state index contributed by atoms with van der Waals surface area (Å²) in [5.41, 5.74) is -0.861. The van der Waals surface area contributed by atoms with Gasteiger partial charge in [-0.2, -0.15) is 13.2 Å². The minimum absolute atomic E-state index is 0.0420. The maximum absolute atomic E-state index is 12.5. The molecular formula is C12H17F3N2O3. The summed E-state index contributed by atoms with van der Waals surface area (Å²) < 4.78 is 37.5. The Balaban J connectivity index is 1.77. The fourth-order valence-corrected chi connectivity index (χ4v) is 2.38. The Labute approximate surface area is 114 Å². The van der Waals surface area contributed by atoms with Crippen molar-refractivity contribution < 1.29 is 27.9 Å². The first-order chi connectivity index (χ1) is 9.24. The van der Waals surface area contributed by atoms with Crippen LogP contribution in [0.5, 0.6) is 0 Å². The molecule has 2 amide bonds. The summed E-state index contributed by atoms with van der Waals surface area (Å²) in [6, 6.07) is -0.474. The normalized spacial score (nSPS) is 22.4. The van der Waals surface area contributed by atoms with Crippen LogP contribution in [-0.2, 0) is 4.79 Å². The van der Waals surface area contributed by atoms with Gasteiger partial charge in [-0.05, 0) is 25.7 Å². The summed E-state index contributed by atoms with van der Waals surface area (Å²) in [5.74, 6) is -2.28. The molecule has 20 heavy (non-hydrogen) atoms. The number of amides is 2. The van der Waals surface area contributed by atoms with Crippen LogP contribution < -0.4 is 5.32 Å². The molecule has 0 radical (unpaired) electrons. The van der Waals surface area contributed by atoms with Crippen LogP contribution in [0.15, 0.2) is 0 Å². The van der Waals surface area contributed by atoms with Gasteiger partial charge in [-0.1, -0.05) is 0 Å². The summed E-state index contributed by atoms with van der Waals surface area (Å²) in [5, 5.41) is 11.5. The van der Waals surface area contributed by atoms with Gasteiger partial charge in [-0.25, -0.2) is 4.79 Å². The Bertz CT molecular complexity index is 399. The largest absolute Gasteiger partial charge is 0.481 e. The Morgan fingerprint density at radius 3 is 2.20 bits per heavy atom. The second-order valence-corrected chi connectivity index (χ2v) is 5.55. The van der Waals surface area contributed by atoms with E-state index in [2.05, 4.69) is 5.32 Å². The van der Waals surface area contributed by atoms with Gasteiger partial charge in [0.1, 0.15) is 0 Å². The van der Waals surface area contributed by atoms with Crippen molar-refractivity contribution in [3.05, 3.63) is 0 Å². The smallest absolute Gasteiger partial charge is 0.391 e. The molecule has 1 aliphatic carbocycles. The summed E-state index contributed by atoms with van der Waals surface area (Å²) in [6.07, 6.45) is -3.34. The fourth-order valence-electron chi connectivity index (χ4n) is 2.38. The van der Waals surface area contributed by atoms with Gasteiger partial charge < -0.3 is 15.3 Å². The van der Waals surface area contributed by atoms with Crippen molar-refractivity contribution in [1.29, 1.82) is 0 Å². The predicted molar refractivity (Wildman–Crippen MR) is 63.1 cm³/mol. The molecule has 0 aromatic carbocycles. The number of likely N-dealkylation sites (tertiary alicyclic amines) is 1. The molecule has 2 fully saturated rings. The van der Waals surface area contributed by atoms with Crippen LogP contribution in [0, 0.1) is 11.3 Å². The maximum Gasteiger partial charge on any atom is 0.391 e. The van der Waals surface area contributed by atoms with Gasteiger partial charge >= 0.3 is 18.2 Å². The number of rotatable bonds is 3. The fraction of sp³-hybridized carbons (Fsp3) is 0.833. The van der Waals surface area contributed by atoms with Crippen molar-refractivity contribution in [3.8, 4) is 0 Å². The van der Waals surface area contributed by atoms with Crippen molar-refractivity contribution in [3.63, 3.8) is 0 Å². The average Bonchev–Trinajstić information content (AvgIpc) is 3.16. The Hall–Kier alpha value is -1.47. The first-order valence-corrected chi connectivity index (χ1v) is 6.57. The first-order valence-electron chi connectivity index (χ1n) is 6.57. The number of halogens is 3. The molecule has 0 atom stereocenters. The monoisotopic (exact) mass is 294 g/mol. The third-order valence-electron chi connectivity index (χ3n) is 4.13. The second kappa shape index (κ2) is 5.14. The molecule has 8 heteroatoms. The van der Waals surface area contributed by atoms with Gasteiger partial charge in [0.15, 0.2) is 0 Å². The third kappa shape index (κ3) is 3.16. The quantitative estimate of drug-likeness (QED) is 0.834. The Morgan fingerprint density at radius 2 is 1.80 bits per heavy atom. The molecule has 1 aliphatic heterocycles. The number of carbonyl (C=O) groups excluding carboxylic acids is 1. The lowest BCUT2D eigenvalue weighted by atomic mass is 9.96. The molecule has 2 N–H and O–H groups in total. The lowest BCUT2D eigenvalue weighted by Crippen LogP contribution is -2.48. The number of piperidine rings is 1. The van der Waals surface area contributed by atoms with Gasteiger partial charge in [0.2, 0.25) is 0 Å². The number of alkyl halides is 3. The summed E-state index contributed by atoms with van der Waals surface area (Å²) in [6.45, 7) is 0.145. The van der Waals surface area contributed by atoms with E-state index < -0.39 is 29.5 Å². The lowest BCUT2D eigenvalue weighted by molar-refractivity contribution is -0.183. The number of hydrogen-bond acceptors (Lipinski definition) is 2. The summed E-state index contributed by atoms with van der Waals surface area (Å²) in [7, 11) is 0. The average molecular weight is 294 g/mol. The van der Waals surface area contributed by atoms with E-state index >= 15 is 0 Å². The van der Waals surface area contributed by atoms with E-state index in [0.717, 1.165) is 0 Å². The van der Waals surface area contributed by atoms with E-state index in [1.807, 2.05) is 0 Å². The minimum atomic E-state index is -4.20. The molecule has 0 aromatic rings. The number of nitrogens with one attached hydrogen (secondary N) is 1. The van der Waals surface area contributed by atoms with Crippen LogP contribution in [0.25, 0.3) is 0 Å². The molecule has 0 bridgehead atoms. The first kappa shape index (κ1) is 14.9. The van der Waals surface area contributed by atoms with Gasteiger partial charge in [-0.15, -0.1) is 0 Å². The van der Waals surface area contributed by atoms with Crippen molar-refractivity contribution in [2.75, 3.05) is 19.6 Å². The molecule has 1 saturated carbocycles. The molecule has 2 rings (SSSR count). The summed E-state index contributed by atoms with van der Waals surface area (Å²) >= 11 is 0. The zero-order valence-corrected chi connectivity index (χ0v) is 10.9. The van der Waals surface area contributed by atoms with Crippen molar-refractivity contribution >= 4 is 12.0 Å². The third-order valence-corrected chi connectivity index (χ3v) is 4.13. The number of urea groups is 1. The number of carbonyl (C=O) groups is 2. The predicted octanol–water partition coefficient (Wildman–Crippen LogP) is 1.84. The highest BCUT2D eigenvalue weighted by atomic mass is 19.4. The molecule has 1 saturated heterocycles.